The highest BCUT2D eigenvalue weighted by Crippen LogP contribution is 2.34. The van der Waals surface area contributed by atoms with Crippen LogP contribution in [-0.4, -0.2) is 73.7 Å². The summed E-state index contributed by atoms with van der Waals surface area (Å²) < 4.78 is 35.1. The summed E-state index contributed by atoms with van der Waals surface area (Å²) in [7, 11) is -2.18. The molecular formula is C29H39N3O5S. The first-order valence-electron chi connectivity index (χ1n) is 13.4. The summed E-state index contributed by atoms with van der Waals surface area (Å²) >= 11 is 0. The van der Waals surface area contributed by atoms with Gasteiger partial charge in [0.2, 0.25) is 10.0 Å². The summed E-state index contributed by atoms with van der Waals surface area (Å²) in [5.74, 6) is 0.00803. The van der Waals surface area contributed by atoms with Gasteiger partial charge in [-0.1, -0.05) is 68.3 Å². The lowest BCUT2D eigenvalue weighted by atomic mass is 10.0. The zero-order valence-electron chi connectivity index (χ0n) is 22.4. The lowest BCUT2D eigenvalue weighted by molar-refractivity contribution is 0.0808. The molecule has 0 unspecified atom stereocenters. The van der Waals surface area contributed by atoms with E-state index in [1.807, 2.05) is 49.4 Å². The van der Waals surface area contributed by atoms with Crippen molar-refractivity contribution in [3.05, 3.63) is 59.7 Å². The smallest absolute Gasteiger partial charge is 0.317 e. The number of ether oxygens (including phenoxy) is 1. The van der Waals surface area contributed by atoms with Gasteiger partial charge in [0.25, 0.3) is 0 Å². The molecule has 0 aromatic heterocycles. The fourth-order valence-electron chi connectivity index (χ4n) is 5.03. The van der Waals surface area contributed by atoms with Crippen LogP contribution >= 0.6 is 0 Å². The Labute approximate surface area is 226 Å². The van der Waals surface area contributed by atoms with Gasteiger partial charge in [-0.25, -0.2) is 13.2 Å². The van der Waals surface area contributed by atoms with E-state index in [2.05, 4.69) is 5.32 Å². The van der Waals surface area contributed by atoms with Crippen LogP contribution in [0.2, 0.25) is 0 Å². The maximum absolute atomic E-state index is 13.7. The Bertz CT molecular complexity index is 1230. The minimum atomic E-state index is -3.92. The molecule has 0 bridgehead atoms. The molecular weight excluding hydrogens is 502 g/mol. The van der Waals surface area contributed by atoms with E-state index in [9.17, 15) is 18.3 Å². The van der Waals surface area contributed by atoms with E-state index in [1.54, 1.807) is 37.1 Å². The number of aliphatic hydroxyl groups is 1. The van der Waals surface area contributed by atoms with Crippen molar-refractivity contribution < 1.29 is 23.1 Å². The number of fused-ring (bicyclic) bond motifs is 1. The first-order chi connectivity index (χ1) is 18.2. The highest BCUT2D eigenvalue weighted by Gasteiger charge is 2.38. The fourth-order valence-corrected chi connectivity index (χ4v) is 6.85. The van der Waals surface area contributed by atoms with Gasteiger partial charge in [0.1, 0.15) is 16.7 Å². The lowest BCUT2D eigenvalue weighted by Gasteiger charge is -2.37. The van der Waals surface area contributed by atoms with Crippen molar-refractivity contribution >= 4 is 28.2 Å². The normalized spacial score (nSPS) is 22.7. The summed E-state index contributed by atoms with van der Waals surface area (Å²) in [6, 6.07) is 14.3. The molecule has 2 aromatic rings. The van der Waals surface area contributed by atoms with Crippen LogP contribution in [0.1, 0.15) is 50.7 Å². The van der Waals surface area contributed by atoms with Gasteiger partial charge in [-0.2, -0.15) is 4.31 Å². The highest BCUT2D eigenvalue weighted by molar-refractivity contribution is 7.89. The molecule has 8 nitrogen and oxygen atoms in total. The minimum Gasteiger partial charge on any atom is -0.487 e. The van der Waals surface area contributed by atoms with Crippen molar-refractivity contribution in [2.24, 2.45) is 5.92 Å². The summed E-state index contributed by atoms with van der Waals surface area (Å²) in [5, 5.41) is 13.0. The number of carbonyl (C=O) groups excluding carboxylic acids is 1. The van der Waals surface area contributed by atoms with E-state index in [0.29, 0.717) is 6.54 Å². The number of hydrogen-bond acceptors (Lipinski definition) is 5. The molecule has 2 aliphatic rings. The lowest BCUT2D eigenvalue weighted by Crippen LogP contribution is -2.51. The van der Waals surface area contributed by atoms with E-state index in [1.165, 1.54) is 4.31 Å². The van der Waals surface area contributed by atoms with Crippen molar-refractivity contribution in [1.29, 1.82) is 0 Å². The Morgan fingerprint density at radius 2 is 1.84 bits per heavy atom. The molecule has 1 fully saturated rings. The zero-order chi connectivity index (χ0) is 27.3. The number of amides is 2. The second-order valence-electron chi connectivity index (χ2n) is 10.5. The average molecular weight is 542 g/mol. The number of nitrogens with zero attached hydrogens (tertiary/aromatic N) is 2. The molecule has 1 heterocycles. The fraction of sp³-hybridized carbons (Fsp3) is 0.483. The quantitative estimate of drug-likeness (QED) is 0.512. The molecule has 3 atom stereocenters. The van der Waals surface area contributed by atoms with E-state index in [0.717, 1.165) is 36.8 Å². The summed E-state index contributed by atoms with van der Waals surface area (Å²) in [4.78, 5) is 14.6. The van der Waals surface area contributed by atoms with E-state index in [4.69, 9.17) is 4.74 Å². The Balaban J connectivity index is 1.64. The molecule has 1 aliphatic carbocycles. The van der Waals surface area contributed by atoms with Crippen LogP contribution in [0.15, 0.2) is 53.4 Å². The first kappa shape index (κ1) is 28.1. The van der Waals surface area contributed by atoms with Gasteiger partial charge in [-0.05, 0) is 43.0 Å². The predicted molar refractivity (Wildman–Crippen MR) is 149 cm³/mol. The molecule has 4 rings (SSSR count). The molecule has 38 heavy (non-hydrogen) atoms. The monoisotopic (exact) mass is 541 g/mol. The topological polar surface area (TPSA) is 99.2 Å². The van der Waals surface area contributed by atoms with Gasteiger partial charge in [0.15, 0.2) is 0 Å². The Hall–Kier alpha value is -2.88. The molecule has 0 radical (unpaired) electrons. The molecule has 2 amide bonds. The van der Waals surface area contributed by atoms with Gasteiger partial charge in [0.05, 0.1) is 13.2 Å². The predicted octanol–water partition coefficient (Wildman–Crippen LogP) is 4.21. The van der Waals surface area contributed by atoms with Crippen LogP contribution in [0.5, 0.6) is 5.75 Å². The van der Waals surface area contributed by atoms with Crippen LogP contribution in [0.4, 0.5) is 4.79 Å². The van der Waals surface area contributed by atoms with Crippen LogP contribution in [0, 0.1) is 5.92 Å². The highest BCUT2D eigenvalue weighted by atomic mass is 32.2. The van der Waals surface area contributed by atoms with Crippen LogP contribution in [0.3, 0.4) is 0 Å². The SMILES string of the molecule is C[C@H](CO)N1C[C@H](C)[C@H](CN(C)C(=O)NC2CCCC2)Oc2cc(/C=C/c3ccccc3)ccc2S1(=O)=O. The minimum absolute atomic E-state index is 0.0598. The number of hydrogen-bond donors (Lipinski definition) is 2. The van der Waals surface area contributed by atoms with Gasteiger partial charge in [-0.3, -0.25) is 0 Å². The second-order valence-corrected chi connectivity index (χ2v) is 12.4. The summed E-state index contributed by atoms with van der Waals surface area (Å²) in [5.41, 5.74) is 1.82. The number of rotatable bonds is 7. The van der Waals surface area contributed by atoms with Gasteiger partial charge < -0.3 is 20.1 Å². The zero-order valence-corrected chi connectivity index (χ0v) is 23.2. The summed E-state index contributed by atoms with van der Waals surface area (Å²) in [6.07, 6.45) is 7.66. The Morgan fingerprint density at radius 1 is 1.16 bits per heavy atom. The Morgan fingerprint density at radius 3 is 2.53 bits per heavy atom. The maximum Gasteiger partial charge on any atom is 0.317 e. The third kappa shape index (κ3) is 6.57. The number of benzene rings is 2. The van der Waals surface area contributed by atoms with E-state index in [-0.39, 0.29) is 41.8 Å². The molecule has 9 heteroatoms. The number of nitrogens with one attached hydrogen (secondary N) is 1. The molecule has 0 spiro atoms. The second kappa shape index (κ2) is 12.3. The van der Waals surface area contributed by atoms with Crippen molar-refractivity contribution in [2.45, 2.75) is 62.6 Å². The molecule has 2 aromatic carbocycles. The van der Waals surface area contributed by atoms with Gasteiger partial charge >= 0.3 is 6.03 Å². The van der Waals surface area contributed by atoms with Gasteiger partial charge in [0, 0.05) is 31.6 Å². The summed E-state index contributed by atoms with van der Waals surface area (Å²) in [6.45, 7) is 3.78. The third-order valence-electron chi connectivity index (χ3n) is 7.44. The van der Waals surface area contributed by atoms with Crippen LogP contribution < -0.4 is 10.1 Å². The molecule has 0 saturated heterocycles. The van der Waals surface area contributed by atoms with Crippen molar-refractivity contribution in [3.63, 3.8) is 0 Å². The number of carbonyl (C=O) groups is 1. The largest absolute Gasteiger partial charge is 0.487 e. The maximum atomic E-state index is 13.7. The number of urea groups is 1. The van der Waals surface area contributed by atoms with Crippen molar-refractivity contribution in [1.82, 2.24) is 14.5 Å². The number of likely N-dealkylation sites (N-methyl/N-ethyl adjacent to an activating group) is 1. The number of aliphatic hydroxyl groups excluding tert-OH is 1. The molecule has 206 valence electrons. The molecule has 1 saturated carbocycles. The van der Waals surface area contributed by atoms with Crippen molar-refractivity contribution in [2.75, 3.05) is 26.7 Å². The Kier molecular flexibility index (Phi) is 9.12. The van der Waals surface area contributed by atoms with Crippen LogP contribution in [0.25, 0.3) is 12.2 Å². The van der Waals surface area contributed by atoms with Crippen molar-refractivity contribution in [3.8, 4) is 5.75 Å². The third-order valence-corrected chi connectivity index (χ3v) is 9.46. The van der Waals surface area contributed by atoms with Gasteiger partial charge in [-0.15, -0.1) is 0 Å². The van der Waals surface area contributed by atoms with Crippen LogP contribution in [-0.2, 0) is 10.0 Å². The van der Waals surface area contributed by atoms with E-state index >= 15 is 0 Å². The average Bonchev–Trinajstić information content (AvgIpc) is 3.42. The standard InChI is InChI=1S/C29H39N3O5S/c1-21-18-32(22(2)20-33)38(35,36)28-16-15-24(14-13-23-9-5-4-6-10-23)17-26(28)37-27(21)19-31(3)29(34)30-25-11-7-8-12-25/h4-6,9-10,13-17,21-22,25,27,33H,7-8,11-12,18-20H2,1-3H3,(H,30,34)/b14-13+/t21-,22+,27-/m0/s1. The first-order valence-corrected chi connectivity index (χ1v) is 14.8. The van der Waals surface area contributed by atoms with E-state index < -0.39 is 22.2 Å². The number of sulfonamides is 1. The molecule has 2 N–H and O–H groups in total. The molecule has 1 aliphatic heterocycles.